The van der Waals surface area contributed by atoms with Crippen molar-refractivity contribution in [3.05, 3.63) is 92.5 Å². The Balaban J connectivity index is 1.41. The van der Waals surface area contributed by atoms with Crippen molar-refractivity contribution in [1.82, 2.24) is 9.97 Å². The van der Waals surface area contributed by atoms with Gasteiger partial charge in [0.1, 0.15) is 5.69 Å². The van der Waals surface area contributed by atoms with Crippen molar-refractivity contribution in [3.8, 4) is 0 Å². The summed E-state index contributed by atoms with van der Waals surface area (Å²) in [5, 5.41) is 27.8. The second kappa shape index (κ2) is 10.0. The zero-order chi connectivity index (χ0) is 24.9. The third-order valence-corrected chi connectivity index (χ3v) is 5.63. The van der Waals surface area contributed by atoms with Crippen LogP contribution in [-0.2, 0) is 4.79 Å². The minimum Gasteiger partial charge on any atom is -0.333 e. The van der Waals surface area contributed by atoms with Gasteiger partial charge in [-0.15, -0.1) is 0 Å². The number of aromatic amines is 1. The van der Waals surface area contributed by atoms with E-state index < -0.39 is 27.1 Å². The number of nitro benzene ring substituents is 2. The molecule has 0 atom stereocenters. The number of aromatic nitrogens is 2. The first kappa shape index (κ1) is 23.4. The second-order valence-electron chi connectivity index (χ2n) is 7.15. The van der Waals surface area contributed by atoms with Crippen LogP contribution in [0.2, 0.25) is 0 Å². The molecular formula is C22H16N6O6S. The third kappa shape index (κ3) is 5.59. The Morgan fingerprint density at radius 2 is 1.74 bits per heavy atom. The van der Waals surface area contributed by atoms with Crippen molar-refractivity contribution >= 4 is 57.4 Å². The van der Waals surface area contributed by atoms with E-state index in [1.165, 1.54) is 23.9 Å². The van der Waals surface area contributed by atoms with E-state index in [0.29, 0.717) is 10.8 Å². The molecule has 0 spiro atoms. The first-order valence-corrected chi connectivity index (χ1v) is 11.0. The second-order valence-corrected chi connectivity index (χ2v) is 8.11. The smallest absolute Gasteiger partial charge is 0.299 e. The molecule has 4 rings (SSSR count). The van der Waals surface area contributed by atoms with Gasteiger partial charge in [0.2, 0.25) is 5.91 Å². The number of carbonyl (C=O) groups excluding carboxylic acids is 2. The van der Waals surface area contributed by atoms with Gasteiger partial charge in [0.05, 0.1) is 32.7 Å². The zero-order valence-electron chi connectivity index (χ0n) is 17.8. The maximum absolute atomic E-state index is 12.6. The van der Waals surface area contributed by atoms with Crippen molar-refractivity contribution in [2.24, 2.45) is 0 Å². The number of amides is 2. The molecule has 4 aromatic rings. The van der Waals surface area contributed by atoms with Crippen LogP contribution >= 0.6 is 11.8 Å². The molecule has 0 saturated carbocycles. The van der Waals surface area contributed by atoms with Gasteiger partial charge in [-0.05, 0) is 36.4 Å². The number of nitro groups is 2. The van der Waals surface area contributed by atoms with Crippen LogP contribution in [0.1, 0.15) is 10.4 Å². The molecule has 35 heavy (non-hydrogen) atoms. The average Bonchev–Trinajstić information content (AvgIpc) is 3.26. The standard InChI is InChI=1S/C22H16N6O6S/c29-20(12-35-22-25-16-6-1-2-7-17(16)26-22)23-14-5-3-4-13(10-14)21(30)24-18-9-8-15(27(31)32)11-19(18)28(33)34/h1-11H,12H2,(H,23,29)(H,24,30)(H,25,26). The lowest BCUT2D eigenvalue weighted by Gasteiger charge is -2.09. The Morgan fingerprint density at radius 3 is 2.49 bits per heavy atom. The topological polar surface area (TPSA) is 173 Å². The van der Waals surface area contributed by atoms with Crippen LogP contribution in [-0.4, -0.2) is 37.4 Å². The van der Waals surface area contributed by atoms with Crippen LogP contribution in [0, 0.1) is 20.2 Å². The van der Waals surface area contributed by atoms with E-state index in [9.17, 15) is 29.8 Å². The number of hydrogen-bond acceptors (Lipinski definition) is 8. The molecule has 0 fully saturated rings. The molecule has 3 N–H and O–H groups in total. The SMILES string of the molecule is O=C(CSc1nc2ccccc2[nH]1)Nc1cccc(C(=O)Nc2ccc([N+](=O)[O-])cc2[N+](=O)[O-])c1. The van der Waals surface area contributed by atoms with Crippen molar-refractivity contribution in [1.29, 1.82) is 0 Å². The van der Waals surface area contributed by atoms with E-state index in [0.717, 1.165) is 29.2 Å². The summed E-state index contributed by atoms with van der Waals surface area (Å²) >= 11 is 1.22. The van der Waals surface area contributed by atoms with Crippen molar-refractivity contribution in [2.45, 2.75) is 5.16 Å². The van der Waals surface area contributed by atoms with Gasteiger partial charge in [-0.25, -0.2) is 4.98 Å². The lowest BCUT2D eigenvalue weighted by molar-refractivity contribution is -0.393. The number of H-pyrrole nitrogens is 1. The Morgan fingerprint density at radius 1 is 0.943 bits per heavy atom. The summed E-state index contributed by atoms with van der Waals surface area (Å²) in [5.41, 5.74) is 0.859. The molecule has 12 nitrogen and oxygen atoms in total. The highest BCUT2D eigenvalue weighted by Gasteiger charge is 2.21. The normalized spacial score (nSPS) is 10.6. The predicted octanol–water partition coefficient (Wildman–Crippen LogP) is 4.36. The fraction of sp³-hybridized carbons (Fsp3) is 0.0455. The monoisotopic (exact) mass is 492 g/mol. The van der Waals surface area contributed by atoms with E-state index in [-0.39, 0.29) is 22.9 Å². The summed E-state index contributed by atoms with van der Waals surface area (Å²) in [6.45, 7) is 0. The summed E-state index contributed by atoms with van der Waals surface area (Å²) < 4.78 is 0. The number of imidazole rings is 1. The van der Waals surface area contributed by atoms with Gasteiger partial charge in [-0.1, -0.05) is 30.0 Å². The van der Waals surface area contributed by atoms with Crippen LogP contribution in [0.5, 0.6) is 0 Å². The van der Waals surface area contributed by atoms with Gasteiger partial charge in [-0.3, -0.25) is 29.8 Å². The highest BCUT2D eigenvalue weighted by atomic mass is 32.2. The van der Waals surface area contributed by atoms with Gasteiger partial charge in [-0.2, -0.15) is 0 Å². The van der Waals surface area contributed by atoms with Crippen LogP contribution in [0.15, 0.2) is 71.9 Å². The lowest BCUT2D eigenvalue weighted by Crippen LogP contribution is -2.16. The van der Waals surface area contributed by atoms with Crippen LogP contribution in [0.25, 0.3) is 11.0 Å². The number of non-ortho nitro benzene ring substituents is 1. The number of rotatable bonds is 8. The number of nitrogens with one attached hydrogen (secondary N) is 3. The highest BCUT2D eigenvalue weighted by molar-refractivity contribution is 7.99. The Bertz CT molecular complexity index is 1440. The van der Waals surface area contributed by atoms with Gasteiger partial charge in [0.15, 0.2) is 5.16 Å². The van der Waals surface area contributed by atoms with Gasteiger partial charge in [0, 0.05) is 17.3 Å². The number of nitrogens with zero attached hydrogens (tertiary/aromatic N) is 3. The maximum Gasteiger partial charge on any atom is 0.299 e. The minimum absolute atomic E-state index is 0.0746. The molecule has 0 unspecified atom stereocenters. The van der Waals surface area contributed by atoms with Gasteiger partial charge in [0.25, 0.3) is 17.3 Å². The molecule has 0 radical (unpaired) electrons. The zero-order valence-corrected chi connectivity index (χ0v) is 18.6. The molecule has 176 valence electrons. The summed E-state index contributed by atoms with van der Waals surface area (Å²) in [5.74, 6) is -0.931. The van der Waals surface area contributed by atoms with Crippen molar-refractivity contribution in [2.75, 3.05) is 16.4 Å². The number of thioether (sulfide) groups is 1. The average molecular weight is 492 g/mol. The number of para-hydroxylation sites is 2. The van der Waals surface area contributed by atoms with Crippen molar-refractivity contribution in [3.63, 3.8) is 0 Å². The number of anilines is 2. The molecule has 1 aromatic heterocycles. The molecule has 0 aliphatic carbocycles. The maximum atomic E-state index is 12.6. The summed E-state index contributed by atoms with van der Waals surface area (Å²) in [6.07, 6.45) is 0. The fourth-order valence-corrected chi connectivity index (χ4v) is 3.84. The summed E-state index contributed by atoms with van der Waals surface area (Å²) in [4.78, 5) is 53.1. The minimum atomic E-state index is -0.821. The largest absolute Gasteiger partial charge is 0.333 e. The molecule has 0 aliphatic rings. The Hall–Kier alpha value is -4.78. The molecule has 0 bridgehead atoms. The molecule has 13 heteroatoms. The Kier molecular flexibility index (Phi) is 6.69. The first-order chi connectivity index (χ1) is 16.8. The van der Waals surface area contributed by atoms with Gasteiger partial charge >= 0.3 is 0 Å². The molecule has 3 aromatic carbocycles. The molecule has 0 aliphatic heterocycles. The van der Waals surface area contributed by atoms with Crippen LogP contribution in [0.4, 0.5) is 22.7 Å². The number of hydrogen-bond donors (Lipinski definition) is 3. The Labute approximate surface area is 201 Å². The van der Waals surface area contributed by atoms with E-state index in [1.807, 2.05) is 24.3 Å². The summed E-state index contributed by atoms with van der Waals surface area (Å²) in [6, 6.07) is 16.4. The molecule has 0 saturated heterocycles. The van der Waals surface area contributed by atoms with Crippen LogP contribution < -0.4 is 10.6 Å². The third-order valence-electron chi connectivity index (χ3n) is 4.75. The van der Waals surface area contributed by atoms with E-state index in [1.54, 1.807) is 12.1 Å². The molecule has 2 amide bonds. The van der Waals surface area contributed by atoms with E-state index in [4.69, 9.17) is 0 Å². The fourth-order valence-electron chi connectivity index (χ4n) is 3.15. The highest BCUT2D eigenvalue weighted by Crippen LogP contribution is 2.29. The van der Waals surface area contributed by atoms with E-state index >= 15 is 0 Å². The van der Waals surface area contributed by atoms with E-state index in [2.05, 4.69) is 20.6 Å². The quantitative estimate of drug-likeness (QED) is 0.185. The lowest BCUT2D eigenvalue weighted by atomic mass is 10.1. The predicted molar refractivity (Wildman–Crippen MR) is 130 cm³/mol. The van der Waals surface area contributed by atoms with Crippen LogP contribution in [0.3, 0.4) is 0 Å². The van der Waals surface area contributed by atoms with Gasteiger partial charge < -0.3 is 15.6 Å². The summed E-state index contributed by atoms with van der Waals surface area (Å²) in [7, 11) is 0. The molecular weight excluding hydrogens is 476 g/mol. The first-order valence-electron chi connectivity index (χ1n) is 10.0. The number of carbonyl (C=O) groups is 2. The molecule has 1 heterocycles. The van der Waals surface area contributed by atoms with Crippen molar-refractivity contribution < 1.29 is 19.4 Å². The number of fused-ring (bicyclic) bond motifs is 1. The number of benzene rings is 3.